The van der Waals surface area contributed by atoms with Gasteiger partial charge in [-0.2, -0.15) is 4.98 Å². The topological polar surface area (TPSA) is 90.2 Å². The molecule has 2 aliphatic carbocycles. The van der Waals surface area contributed by atoms with Crippen molar-refractivity contribution in [2.75, 3.05) is 12.8 Å². The standard InChI is InChI=1S/C21H29N5O/c1-25(17-8-4-16(22)5-9-17)18-6-2-15-13-19(7-3-14(15)12-18)26-11-10-20(23)24-21(26)27/h3,7,10-11,13,16-18H,2,4-6,8-9,12,22H2,1H3,(H2,23,24,27)/t16-,17-,18?. The first-order valence-corrected chi connectivity index (χ1v) is 9.96. The lowest BCUT2D eigenvalue weighted by Gasteiger charge is -2.40. The van der Waals surface area contributed by atoms with Gasteiger partial charge in [0.25, 0.3) is 0 Å². The molecule has 2 aliphatic rings. The summed E-state index contributed by atoms with van der Waals surface area (Å²) >= 11 is 0. The van der Waals surface area contributed by atoms with Crippen molar-refractivity contribution >= 4 is 5.82 Å². The van der Waals surface area contributed by atoms with Gasteiger partial charge in [0, 0.05) is 24.3 Å². The first-order chi connectivity index (χ1) is 13.0. The normalized spacial score (nSPS) is 25.4. The molecule has 1 aromatic carbocycles. The number of nitrogens with two attached hydrogens (primary N) is 2. The Labute approximate surface area is 160 Å². The molecule has 0 spiro atoms. The number of benzene rings is 1. The van der Waals surface area contributed by atoms with Crippen molar-refractivity contribution in [3.05, 3.63) is 52.1 Å². The molecule has 1 aromatic heterocycles. The first-order valence-electron chi connectivity index (χ1n) is 9.96. The summed E-state index contributed by atoms with van der Waals surface area (Å²) in [5.74, 6) is 0.253. The van der Waals surface area contributed by atoms with E-state index in [2.05, 4.69) is 29.1 Å². The average molecular weight is 367 g/mol. The van der Waals surface area contributed by atoms with Crippen LogP contribution in [0.15, 0.2) is 35.3 Å². The van der Waals surface area contributed by atoms with Gasteiger partial charge in [-0.15, -0.1) is 0 Å². The smallest absolute Gasteiger partial charge is 0.354 e. The highest BCUT2D eigenvalue weighted by Gasteiger charge is 2.29. The molecule has 1 atom stereocenters. The van der Waals surface area contributed by atoms with Crippen LogP contribution in [0.1, 0.15) is 43.2 Å². The van der Waals surface area contributed by atoms with Gasteiger partial charge in [-0.3, -0.25) is 4.57 Å². The number of likely N-dealkylation sites (N-methyl/N-ethyl adjacent to an activating group) is 1. The predicted octanol–water partition coefficient (Wildman–Crippen LogP) is 1.87. The van der Waals surface area contributed by atoms with E-state index in [1.807, 2.05) is 6.07 Å². The van der Waals surface area contributed by atoms with E-state index in [9.17, 15) is 4.79 Å². The van der Waals surface area contributed by atoms with Crippen molar-refractivity contribution in [3.63, 3.8) is 0 Å². The summed E-state index contributed by atoms with van der Waals surface area (Å²) in [5, 5.41) is 0. The van der Waals surface area contributed by atoms with Crippen LogP contribution in [-0.4, -0.2) is 39.6 Å². The Morgan fingerprint density at radius 2 is 1.85 bits per heavy atom. The molecule has 4 rings (SSSR count). The van der Waals surface area contributed by atoms with Crippen LogP contribution in [0.2, 0.25) is 0 Å². The summed E-state index contributed by atoms with van der Waals surface area (Å²) in [7, 11) is 2.28. The average Bonchev–Trinajstić information content (AvgIpc) is 2.67. The summed E-state index contributed by atoms with van der Waals surface area (Å²) in [6, 6.07) is 9.61. The van der Waals surface area contributed by atoms with E-state index in [0.29, 0.717) is 18.1 Å². The second-order valence-corrected chi connectivity index (χ2v) is 8.09. The van der Waals surface area contributed by atoms with Crippen molar-refractivity contribution in [3.8, 4) is 5.69 Å². The Balaban J connectivity index is 1.50. The molecule has 6 heteroatoms. The third-order valence-electron chi connectivity index (χ3n) is 6.39. The van der Waals surface area contributed by atoms with E-state index < -0.39 is 0 Å². The van der Waals surface area contributed by atoms with Gasteiger partial charge in [0.2, 0.25) is 0 Å². The Bertz CT molecular complexity index is 869. The lowest BCUT2D eigenvalue weighted by molar-refractivity contribution is 0.122. The van der Waals surface area contributed by atoms with Crippen molar-refractivity contribution in [1.29, 1.82) is 0 Å². The van der Waals surface area contributed by atoms with Crippen molar-refractivity contribution < 1.29 is 0 Å². The number of aromatic nitrogens is 2. The van der Waals surface area contributed by atoms with Crippen LogP contribution in [0.25, 0.3) is 5.69 Å². The molecule has 0 bridgehead atoms. The summed E-state index contributed by atoms with van der Waals surface area (Å²) in [5.41, 5.74) is 14.9. The largest absolute Gasteiger partial charge is 0.383 e. The lowest BCUT2D eigenvalue weighted by atomic mass is 9.84. The van der Waals surface area contributed by atoms with E-state index in [0.717, 1.165) is 37.8 Å². The highest BCUT2D eigenvalue weighted by Crippen LogP contribution is 2.30. The molecule has 1 unspecified atom stereocenters. The molecule has 0 saturated heterocycles. The van der Waals surface area contributed by atoms with Gasteiger partial charge < -0.3 is 16.4 Å². The molecule has 27 heavy (non-hydrogen) atoms. The third-order valence-corrected chi connectivity index (χ3v) is 6.39. The molecule has 1 heterocycles. The fourth-order valence-corrected chi connectivity index (χ4v) is 4.64. The summed E-state index contributed by atoms with van der Waals surface area (Å²) in [6.45, 7) is 0. The van der Waals surface area contributed by atoms with Crippen LogP contribution < -0.4 is 17.2 Å². The summed E-state index contributed by atoms with van der Waals surface area (Å²) in [4.78, 5) is 18.5. The van der Waals surface area contributed by atoms with Crippen molar-refractivity contribution in [2.45, 2.75) is 63.1 Å². The monoisotopic (exact) mass is 367 g/mol. The third kappa shape index (κ3) is 3.77. The Morgan fingerprint density at radius 1 is 1.07 bits per heavy atom. The molecule has 4 N–H and O–H groups in total. The maximum atomic E-state index is 12.1. The minimum atomic E-state index is -0.334. The maximum absolute atomic E-state index is 12.1. The first kappa shape index (κ1) is 18.2. The number of hydrogen-bond acceptors (Lipinski definition) is 5. The minimum Gasteiger partial charge on any atom is -0.383 e. The number of anilines is 1. The number of nitrogen functional groups attached to an aromatic ring is 1. The Morgan fingerprint density at radius 3 is 2.59 bits per heavy atom. The van der Waals surface area contributed by atoms with Crippen LogP contribution in [0.4, 0.5) is 5.82 Å². The Hall–Kier alpha value is -2.18. The van der Waals surface area contributed by atoms with Crippen molar-refractivity contribution in [2.24, 2.45) is 5.73 Å². The molecule has 2 aromatic rings. The number of hydrogen-bond donors (Lipinski definition) is 2. The van der Waals surface area contributed by atoms with Gasteiger partial charge in [-0.25, -0.2) is 4.79 Å². The van der Waals surface area contributed by atoms with Gasteiger partial charge in [-0.1, -0.05) is 6.07 Å². The van der Waals surface area contributed by atoms with Crippen LogP contribution >= 0.6 is 0 Å². The zero-order chi connectivity index (χ0) is 19.0. The van der Waals surface area contributed by atoms with Gasteiger partial charge in [0.1, 0.15) is 5.82 Å². The van der Waals surface area contributed by atoms with Crippen LogP contribution in [0.5, 0.6) is 0 Å². The zero-order valence-electron chi connectivity index (χ0n) is 16.0. The van der Waals surface area contributed by atoms with E-state index >= 15 is 0 Å². The number of rotatable bonds is 3. The summed E-state index contributed by atoms with van der Waals surface area (Å²) in [6.07, 6.45) is 9.69. The van der Waals surface area contributed by atoms with Gasteiger partial charge >= 0.3 is 5.69 Å². The van der Waals surface area contributed by atoms with Crippen LogP contribution in [0.3, 0.4) is 0 Å². The van der Waals surface area contributed by atoms with Crippen molar-refractivity contribution in [1.82, 2.24) is 14.5 Å². The lowest BCUT2D eigenvalue weighted by Crippen LogP contribution is -2.46. The zero-order valence-corrected chi connectivity index (χ0v) is 16.0. The molecule has 6 nitrogen and oxygen atoms in total. The second kappa shape index (κ2) is 7.44. The van der Waals surface area contributed by atoms with Gasteiger partial charge in [-0.05, 0) is 81.3 Å². The van der Waals surface area contributed by atoms with E-state index in [1.165, 1.54) is 24.0 Å². The highest BCUT2D eigenvalue weighted by atomic mass is 16.1. The number of fused-ring (bicyclic) bond motifs is 1. The van der Waals surface area contributed by atoms with E-state index in [1.54, 1.807) is 16.8 Å². The fraction of sp³-hybridized carbons (Fsp3) is 0.524. The van der Waals surface area contributed by atoms with Crippen LogP contribution in [-0.2, 0) is 12.8 Å². The van der Waals surface area contributed by atoms with Gasteiger partial charge in [0.15, 0.2) is 0 Å². The fourth-order valence-electron chi connectivity index (χ4n) is 4.64. The molecule has 0 amide bonds. The number of aryl methyl sites for hydroxylation is 1. The predicted molar refractivity (Wildman–Crippen MR) is 108 cm³/mol. The molecular weight excluding hydrogens is 338 g/mol. The maximum Gasteiger partial charge on any atom is 0.354 e. The minimum absolute atomic E-state index is 0.253. The molecular formula is C21H29N5O. The molecule has 1 fully saturated rings. The molecule has 144 valence electrons. The summed E-state index contributed by atoms with van der Waals surface area (Å²) < 4.78 is 1.56. The SMILES string of the molecule is CN(C1CCc2cc(-n3ccc(N)nc3=O)ccc2C1)[C@H]1CC[C@H](N)CC1. The second-order valence-electron chi connectivity index (χ2n) is 8.09. The van der Waals surface area contributed by atoms with E-state index in [-0.39, 0.29) is 11.5 Å². The van der Waals surface area contributed by atoms with Gasteiger partial charge in [0.05, 0.1) is 5.69 Å². The van der Waals surface area contributed by atoms with E-state index in [4.69, 9.17) is 11.5 Å². The Kier molecular flexibility index (Phi) is 5.02. The number of nitrogens with zero attached hydrogens (tertiary/aromatic N) is 3. The molecule has 0 aliphatic heterocycles. The quantitative estimate of drug-likeness (QED) is 0.864. The molecule has 1 saturated carbocycles. The van der Waals surface area contributed by atoms with Crippen LogP contribution in [0, 0.1) is 0 Å². The highest BCUT2D eigenvalue weighted by molar-refractivity contribution is 5.43. The molecule has 0 radical (unpaired) electrons.